The van der Waals surface area contributed by atoms with Gasteiger partial charge in [-0.1, -0.05) is 43.6 Å². The van der Waals surface area contributed by atoms with Crippen LogP contribution in [0.2, 0.25) is 5.02 Å². The van der Waals surface area contributed by atoms with Gasteiger partial charge in [-0.15, -0.1) is 0 Å². The van der Waals surface area contributed by atoms with Gasteiger partial charge in [-0.25, -0.2) is 0 Å². The van der Waals surface area contributed by atoms with Crippen LogP contribution in [0.25, 0.3) is 0 Å². The van der Waals surface area contributed by atoms with Gasteiger partial charge in [-0.3, -0.25) is 9.59 Å². The van der Waals surface area contributed by atoms with Crippen LogP contribution in [-0.4, -0.2) is 36.2 Å². The molecule has 0 saturated heterocycles. The highest BCUT2D eigenvalue weighted by Crippen LogP contribution is 2.18. The molecule has 0 heterocycles. The summed E-state index contributed by atoms with van der Waals surface area (Å²) in [5.41, 5.74) is 6.31. The van der Waals surface area contributed by atoms with E-state index in [9.17, 15) is 9.59 Å². The van der Waals surface area contributed by atoms with Crippen LogP contribution < -0.4 is 5.73 Å². The van der Waals surface area contributed by atoms with Crippen molar-refractivity contribution in [1.82, 2.24) is 4.90 Å². The summed E-state index contributed by atoms with van der Waals surface area (Å²) in [6.45, 7) is 4.66. The molecule has 1 radical (unpaired) electrons. The van der Waals surface area contributed by atoms with Gasteiger partial charge >= 0.3 is 0 Å². The molecule has 0 aliphatic heterocycles. The number of nitrogens with zero attached hydrogens (tertiary/aromatic N) is 1. The molecule has 1 atom stereocenters. The molecule has 21 heavy (non-hydrogen) atoms. The van der Waals surface area contributed by atoms with Crippen LogP contribution in [0.4, 0.5) is 0 Å². The standard InChI is InChI=1S/C16H22ClN2O2/c1-12(2)9-14(11-20)19(8-7-18)16(21)10-13-5-3-4-6-15(13)17/h3-6,12,14H,7-10,18H2,1-2H3/t14-/m0/s1. The van der Waals surface area contributed by atoms with Gasteiger partial charge in [-0.05, 0) is 24.0 Å². The molecule has 0 aliphatic carbocycles. The Kier molecular flexibility index (Phi) is 7.40. The fourth-order valence-corrected chi connectivity index (χ4v) is 2.39. The highest BCUT2D eigenvalue weighted by atomic mass is 35.5. The Balaban J connectivity index is 2.86. The molecule has 0 spiro atoms. The van der Waals surface area contributed by atoms with Crippen LogP contribution in [0, 0.1) is 5.92 Å². The van der Waals surface area contributed by atoms with Crippen LogP contribution in [0.3, 0.4) is 0 Å². The molecule has 5 heteroatoms. The molecule has 1 aromatic rings. The van der Waals surface area contributed by atoms with Crippen LogP contribution in [0.15, 0.2) is 24.3 Å². The summed E-state index contributed by atoms with van der Waals surface area (Å²) in [5, 5.41) is 0.550. The van der Waals surface area contributed by atoms with Crippen molar-refractivity contribution in [2.24, 2.45) is 11.7 Å². The van der Waals surface area contributed by atoms with Gasteiger partial charge in [0.15, 0.2) is 0 Å². The second-order valence-electron chi connectivity index (χ2n) is 5.41. The SMILES string of the molecule is CC(C)C[C@@H]([C]=O)N(CCN)C(=O)Cc1ccccc1Cl. The first kappa shape index (κ1) is 17.7. The van der Waals surface area contributed by atoms with Crippen LogP contribution in [0.1, 0.15) is 25.8 Å². The average Bonchev–Trinajstić information content (AvgIpc) is 2.44. The predicted molar refractivity (Wildman–Crippen MR) is 84.9 cm³/mol. The van der Waals surface area contributed by atoms with Crippen molar-refractivity contribution in [3.63, 3.8) is 0 Å². The minimum Gasteiger partial charge on any atom is -0.331 e. The Labute approximate surface area is 131 Å². The molecule has 1 amide bonds. The second-order valence-corrected chi connectivity index (χ2v) is 5.81. The first-order valence-corrected chi connectivity index (χ1v) is 7.48. The number of benzene rings is 1. The maximum Gasteiger partial charge on any atom is 0.227 e. The highest BCUT2D eigenvalue weighted by Gasteiger charge is 2.24. The van der Waals surface area contributed by atoms with E-state index in [1.54, 1.807) is 6.07 Å². The number of nitrogens with two attached hydrogens (primary N) is 1. The maximum atomic E-state index is 12.5. The molecule has 0 unspecified atom stereocenters. The van der Waals surface area contributed by atoms with Gasteiger partial charge in [0.1, 0.15) is 0 Å². The lowest BCUT2D eigenvalue weighted by molar-refractivity contribution is -0.131. The van der Waals surface area contributed by atoms with Crippen LogP contribution >= 0.6 is 11.6 Å². The number of carbonyl (C=O) groups is 1. The van der Waals surface area contributed by atoms with Crippen LogP contribution in [-0.2, 0) is 16.0 Å². The molecule has 1 aromatic carbocycles. The van der Waals surface area contributed by atoms with E-state index < -0.39 is 6.04 Å². The van der Waals surface area contributed by atoms with Crippen LogP contribution in [0.5, 0.6) is 0 Å². The Bertz CT molecular complexity index is 477. The number of carbonyl (C=O) groups excluding carboxylic acids is 2. The Hall–Kier alpha value is -1.39. The molecule has 0 saturated carbocycles. The van der Waals surface area contributed by atoms with Gasteiger partial charge in [0, 0.05) is 18.1 Å². The summed E-state index contributed by atoms with van der Waals surface area (Å²) in [5.74, 6) is 0.146. The van der Waals surface area contributed by atoms with E-state index in [0.29, 0.717) is 30.5 Å². The van der Waals surface area contributed by atoms with Crippen molar-refractivity contribution in [2.45, 2.75) is 32.7 Å². The summed E-state index contributed by atoms with van der Waals surface area (Å²) < 4.78 is 0. The smallest absolute Gasteiger partial charge is 0.227 e. The third-order valence-electron chi connectivity index (χ3n) is 3.20. The van der Waals surface area contributed by atoms with Gasteiger partial charge in [0.25, 0.3) is 0 Å². The van der Waals surface area contributed by atoms with E-state index in [0.717, 1.165) is 5.56 Å². The molecule has 0 bridgehead atoms. The molecule has 0 aliphatic rings. The Morgan fingerprint density at radius 2 is 2.05 bits per heavy atom. The number of halogens is 1. The largest absolute Gasteiger partial charge is 0.331 e. The zero-order valence-electron chi connectivity index (χ0n) is 12.5. The monoisotopic (exact) mass is 309 g/mol. The predicted octanol–water partition coefficient (Wildman–Crippen LogP) is 2.19. The fraction of sp³-hybridized carbons (Fsp3) is 0.500. The second kappa shape index (κ2) is 8.80. The first-order chi connectivity index (χ1) is 9.99. The van der Waals surface area contributed by atoms with Gasteiger partial charge in [-0.2, -0.15) is 0 Å². The van der Waals surface area contributed by atoms with E-state index in [2.05, 4.69) is 0 Å². The lowest BCUT2D eigenvalue weighted by atomic mass is 10.0. The Morgan fingerprint density at radius 3 is 2.57 bits per heavy atom. The maximum absolute atomic E-state index is 12.5. The molecule has 2 N–H and O–H groups in total. The van der Waals surface area contributed by atoms with E-state index in [-0.39, 0.29) is 12.3 Å². The number of hydrogen-bond donors (Lipinski definition) is 1. The first-order valence-electron chi connectivity index (χ1n) is 7.10. The molecule has 1 rings (SSSR count). The summed E-state index contributed by atoms with van der Waals surface area (Å²) in [7, 11) is 0. The molecule has 115 valence electrons. The van der Waals surface area contributed by atoms with E-state index in [4.69, 9.17) is 17.3 Å². The van der Waals surface area contributed by atoms with Gasteiger partial charge in [0.2, 0.25) is 12.2 Å². The Morgan fingerprint density at radius 1 is 1.38 bits per heavy atom. The molecule has 0 aromatic heterocycles. The number of amides is 1. The van der Waals surface area contributed by atoms with Gasteiger partial charge in [0.05, 0.1) is 12.5 Å². The normalized spacial score (nSPS) is 12.2. The molecule has 4 nitrogen and oxygen atoms in total. The summed E-state index contributed by atoms with van der Waals surface area (Å²) in [6.07, 6.45) is 2.71. The molecule has 0 fully saturated rings. The quantitative estimate of drug-likeness (QED) is 0.800. The molecular formula is C16H22ClN2O2. The minimum atomic E-state index is -0.552. The van der Waals surface area contributed by atoms with Crippen molar-refractivity contribution in [3.05, 3.63) is 34.9 Å². The van der Waals surface area contributed by atoms with E-state index in [1.165, 1.54) is 4.90 Å². The van der Waals surface area contributed by atoms with Gasteiger partial charge < -0.3 is 10.6 Å². The van der Waals surface area contributed by atoms with E-state index in [1.807, 2.05) is 38.3 Å². The van der Waals surface area contributed by atoms with Crippen molar-refractivity contribution in [2.75, 3.05) is 13.1 Å². The zero-order valence-corrected chi connectivity index (χ0v) is 13.3. The van der Waals surface area contributed by atoms with Crippen molar-refractivity contribution in [1.29, 1.82) is 0 Å². The van der Waals surface area contributed by atoms with Crippen molar-refractivity contribution < 1.29 is 9.59 Å². The third kappa shape index (κ3) is 5.48. The topological polar surface area (TPSA) is 63.4 Å². The summed E-state index contributed by atoms with van der Waals surface area (Å²) in [6, 6.07) is 6.65. The fourth-order valence-electron chi connectivity index (χ4n) is 2.19. The van der Waals surface area contributed by atoms with Crippen molar-refractivity contribution in [3.8, 4) is 0 Å². The lowest BCUT2D eigenvalue weighted by Crippen LogP contribution is -2.45. The van der Waals surface area contributed by atoms with Crippen molar-refractivity contribution >= 4 is 23.8 Å². The lowest BCUT2D eigenvalue weighted by Gasteiger charge is -2.28. The zero-order chi connectivity index (χ0) is 15.8. The number of hydrogen-bond acceptors (Lipinski definition) is 3. The highest BCUT2D eigenvalue weighted by molar-refractivity contribution is 6.31. The third-order valence-corrected chi connectivity index (χ3v) is 3.57. The summed E-state index contributed by atoms with van der Waals surface area (Å²) in [4.78, 5) is 25.2. The number of rotatable bonds is 8. The average molecular weight is 310 g/mol. The summed E-state index contributed by atoms with van der Waals surface area (Å²) >= 11 is 6.08. The molecular weight excluding hydrogens is 288 g/mol. The minimum absolute atomic E-state index is 0.150. The van der Waals surface area contributed by atoms with E-state index >= 15 is 0 Å².